The number of halogens is 1. The summed E-state index contributed by atoms with van der Waals surface area (Å²) in [5.41, 5.74) is 0.903. The topological polar surface area (TPSA) is 20.2 Å². The third-order valence-electron chi connectivity index (χ3n) is 5.78. The fraction of sp³-hybridized carbons (Fsp3) is 0.111. The van der Waals surface area contributed by atoms with Gasteiger partial charge in [-0.2, -0.15) is 0 Å². The van der Waals surface area contributed by atoms with Crippen molar-refractivity contribution in [2.24, 2.45) is 0 Å². The number of aliphatic hydroxyl groups excluding tert-OH is 1. The molecule has 1 nitrogen and oxygen atoms in total. The van der Waals surface area contributed by atoms with Crippen LogP contribution in [0, 0.1) is 0 Å². The van der Waals surface area contributed by atoms with Gasteiger partial charge in [-0.05, 0) is 55.0 Å². The van der Waals surface area contributed by atoms with Gasteiger partial charge in [-0.25, -0.2) is 0 Å². The van der Waals surface area contributed by atoms with Crippen molar-refractivity contribution in [3.8, 4) is 0 Å². The van der Waals surface area contributed by atoms with Crippen LogP contribution in [0.1, 0.15) is 18.6 Å². The molecule has 1 N–H and O–H groups in total. The molecule has 0 unspecified atom stereocenters. The molecule has 0 spiro atoms. The zero-order chi connectivity index (χ0) is 21.0. The van der Waals surface area contributed by atoms with Crippen molar-refractivity contribution in [2.75, 3.05) is 0 Å². The molecule has 4 aromatic rings. The lowest BCUT2D eigenvalue weighted by molar-refractivity contribution is 0.177. The molecule has 4 aromatic carbocycles. The lowest BCUT2D eigenvalue weighted by Crippen LogP contribution is -2.40. The maximum atomic E-state index is 11.7. The summed E-state index contributed by atoms with van der Waals surface area (Å²) in [5.74, 6) is 0. The van der Waals surface area contributed by atoms with E-state index in [1.807, 2.05) is 24.3 Å². The van der Waals surface area contributed by atoms with Crippen molar-refractivity contribution >= 4 is 39.1 Å². The van der Waals surface area contributed by atoms with Gasteiger partial charge < -0.3 is 5.11 Å². The van der Waals surface area contributed by atoms with E-state index in [0.29, 0.717) is 0 Å². The van der Waals surface area contributed by atoms with Crippen molar-refractivity contribution in [2.45, 2.75) is 18.7 Å². The average molecular weight is 476 g/mol. The van der Waals surface area contributed by atoms with Gasteiger partial charge in [0.1, 0.15) is 34.9 Å². The van der Waals surface area contributed by atoms with Crippen LogP contribution in [0.15, 0.2) is 120 Å². The van der Waals surface area contributed by atoms with Crippen molar-refractivity contribution < 1.29 is 5.11 Å². The average Bonchev–Trinajstić information content (AvgIpc) is 2.81. The van der Waals surface area contributed by atoms with Crippen LogP contribution in [0.5, 0.6) is 0 Å². The first-order valence-electron chi connectivity index (χ1n) is 10.1. The van der Waals surface area contributed by atoms with Crippen LogP contribution in [0.4, 0.5) is 0 Å². The summed E-state index contributed by atoms with van der Waals surface area (Å²) in [6, 6.07) is 40.1. The van der Waals surface area contributed by atoms with Gasteiger partial charge >= 0.3 is 0 Å². The molecule has 2 atom stereocenters. The summed E-state index contributed by atoms with van der Waals surface area (Å²) < 4.78 is 0.941. The van der Waals surface area contributed by atoms with Crippen molar-refractivity contribution in [1.82, 2.24) is 0 Å². The Morgan fingerprint density at radius 3 is 1.37 bits per heavy atom. The molecule has 150 valence electrons. The lowest BCUT2D eigenvalue weighted by Gasteiger charge is -2.35. The highest BCUT2D eigenvalue weighted by Gasteiger charge is 2.53. The van der Waals surface area contributed by atoms with Crippen LogP contribution in [0.2, 0.25) is 0 Å². The zero-order valence-electron chi connectivity index (χ0n) is 16.9. The molecule has 0 aliphatic carbocycles. The predicted octanol–water partition coefficient (Wildman–Crippen LogP) is 5.87. The van der Waals surface area contributed by atoms with E-state index in [-0.39, 0.29) is 5.66 Å². The van der Waals surface area contributed by atoms with Gasteiger partial charge in [-0.3, -0.25) is 0 Å². The minimum absolute atomic E-state index is 0.0246. The third-order valence-corrected chi connectivity index (χ3v) is 11.3. The highest BCUT2D eigenvalue weighted by atomic mass is 79.9. The number of rotatable bonds is 6. The van der Waals surface area contributed by atoms with E-state index >= 15 is 0 Å². The Morgan fingerprint density at radius 2 is 0.967 bits per heavy atom. The summed E-state index contributed by atoms with van der Waals surface area (Å²) in [5, 5.41) is 15.5. The maximum absolute atomic E-state index is 11.7. The molecule has 0 bridgehead atoms. The number of hydrogen-bond acceptors (Lipinski definition) is 1. The second kappa shape index (κ2) is 9.27. The smallest absolute Gasteiger partial charge is 0.117 e. The summed E-state index contributed by atoms with van der Waals surface area (Å²) in [4.78, 5) is 0. The molecular formula is C27H25BrOP+. The van der Waals surface area contributed by atoms with Crippen LogP contribution in [0.25, 0.3) is 0 Å². The van der Waals surface area contributed by atoms with Crippen LogP contribution >= 0.6 is 23.2 Å². The normalized spacial score (nSPS) is 13.6. The van der Waals surface area contributed by atoms with Crippen molar-refractivity contribution in [3.05, 3.63) is 125 Å². The van der Waals surface area contributed by atoms with E-state index in [2.05, 4.69) is 114 Å². The first kappa shape index (κ1) is 21.0. The van der Waals surface area contributed by atoms with Gasteiger partial charge in [0, 0.05) is 4.47 Å². The Kier molecular flexibility index (Phi) is 6.49. The highest BCUT2D eigenvalue weighted by molar-refractivity contribution is 9.10. The molecule has 4 rings (SSSR count). The summed E-state index contributed by atoms with van der Waals surface area (Å²) in [7, 11) is -2.16. The molecule has 0 aliphatic heterocycles. The SMILES string of the molecule is C[C@H]([C@@H](O)c1ccccc1Br)[P+](c1ccccc1)(c1ccccc1)c1ccccc1. The van der Waals surface area contributed by atoms with Gasteiger partial charge in [0.05, 0.1) is 0 Å². The van der Waals surface area contributed by atoms with E-state index in [4.69, 9.17) is 0 Å². The minimum Gasteiger partial charge on any atom is -0.384 e. The third kappa shape index (κ3) is 3.76. The van der Waals surface area contributed by atoms with E-state index in [1.165, 1.54) is 15.9 Å². The first-order chi connectivity index (χ1) is 14.7. The van der Waals surface area contributed by atoms with Crippen molar-refractivity contribution in [3.63, 3.8) is 0 Å². The summed E-state index contributed by atoms with van der Waals surface area (Å²) in [6.07, 6.45) is -0.616. The largest absolute Gasteiger partial charge is 0.384 e. The molecular weight excluding hydrogens is 451 g/mol. The quantitative estimate of drug-likeness (QED) is 0.346. The summed E-state index contributed by atoms with van der Waals surface area (Å²) >= 11 is 3.65. The van der Waals surface area contributed by atoms with Crippen LogP contribution in [-0.4, -0.2) is 10.8 Å². The fourth-order valence-electron chi connectivity index (χ4n) is 4.33. The zero-order valence-corrected chi connectivity index (χ0v) is 19.4. The van der Waals surface area contributed by atoms with Crippen LogP contribution in [0.3, 0.4) is 0 Å². The number of hydrogen-bond donors (Lipinski definition) is 1. The van der Waals surface area contributed by atoms with Crippen molar-refractivity contribution in [1.29, 1.82) is 0 Å². The standard InChI is InChI=1S/C27H25BrOP/c1-21(27(29)25-19-11-12-20-26(25)28)30(22-13-5-2-6-14-22,23-15-7-3-8-16-23)24-17-9-4-10-18-24/h2-21,27,29H,1H3/q+1/t21-,27-/m1/s1. The maximum Gasteiger partial charge on any atom is 0.117 e. The molecule has 0 amide bonds. The predicted molar refractivity (Wildman–Crippen MR) is 134 cm³/mol. The minimum atomic E-state index is -2.16. The molecule has 0 fully saturated rings. The molecule has 0 aromatic heterocycles. The molecule has 0 heterocycles. The van der Waals surface area contributed by atoms with Gasteiger partial charge in [-0.1, -0.05) is 88.7 Å². The van der Waals surface area contributed by atoms with E-state index in [1.54, 1.807) is 0 Å². The molecule has 0 aliphatic rings. The second-order valence-electron chi connectivity index (χ2n) is 7.44. The monoisotopic (exact) mass is 475 g/mol. The van der Waals surface area contributed by atoms with Gasteiger partial charge in [0.2, 0.25) is 0 Å². The Morgan fingerprint density at radius 1 is 0.600 bits per heavy atom. The van der Waals surface area contributed by atoms with Gasteiger partial charge in [-0.15, -0.1) is 0 Å². The summed E-state index contributed by atoms with van der Waals surface area (Å²) in [6.45, 7) is 2.20. The second-order valence-corrected chi connectivity index (χ2v) is 12.1. The Balaban J connectivity index is 2.01. The van der Waals surface area contributed by atoms with E-state index < -0.39 is 13.4 Å². The number of aliphatic hydroxyl groups is 1. The fourth-order valence-corrected chi connectivity index (χ4v) is 9.66. The van der Waals surface area contributed by atoms with Crippen LogP contribution in [-0.2, 0) is 0 Å². The van der Waals surface area contributed by atoms with Crippen LogP contribution < -0.4 is 15.9 Å². The van der Waals surface area contributed by atoms with Gasteiger partial charge in [0.25, 0.3) is 0 Å². The molecule has 0 radical (unpaired) electrons. The van der Waals surface area contributed by atoms with Gasteiger partial charge in [0.15, 0.2) is 0 Å². The van der Waals surface area contributed by atoms with E-state index in [9.17, 15) is 5.11 Å². The molecule has 3 heteroatoms. The Hall–Kier alpha value is -2.25. The number of benzene rings is 4. The Bertz CT molecular complexity index is 987. The highest BCUT2D eigenvalue weighted by Crippen LogP contribution is 2.62. The first-order valence-corrected chi connectivity index (χ1v) is 12.8. The molecule has 30 heavy (non-hydrogen) atoms. The Labute approximate surface area is 187 Å². The lowest BCUT2D eigenvalue weighted by atomic mass is 10.1. The van der Waals surface area contributed by atoms with E-state index in [0.717, 1.165) is 10.0 Å². The molecule has 0 saturated carbocycles. The molecule has 0 saturated heterocycles.